The van der Waals surface area contributed by atoms with Gasteiger partial charge in [0.1, 0.15) is 0 Å². The summed E-state index contributed by atoms with van der Waals surface area (Å²) in [5, 5.41) is 5.35. The predicted octanol–water partition coefficient (Wildman–Crippen LogP) is 14.9. The minimum Gasteiger partial charge on any atom is -0.311 e. The second-order valence-electron chi connectivity index (χ2n) is 13.6. The van der Waals surface area contributed by atoms with E-state index in [0.717, 1.165) is 11.4 Å². The molecule has 0 radical (unpaired) electrons. The lowest BCUT2D eigenvalue weighted by atomic mass is 9.97. The number of benzene rings is 7. The Labute approximate surface area is 300 Å². The first-order valence-electron chi connectivity index (χ1n) is 17.7. The average Bonchev–Trinajstić information content (AvgIpc) is 3.94. The normalized spacial score (nSPS) is 13.6. The van der Waals surface area contributed by atoms with Crippen LogP contribution < -0.4 is 4.90 Å². The van der Waals surface area contributed by atoms with E-state index in [-0.39, 0.29) is 0 Å². The van der Waals surface area contributed by atoms with Crippen LogP contribution in [0.15, 0.2) is 158 Å². The molecule has 1 nitrogen and oxygen atoms in total. The van der Waals surface area contributed by atoms with Gasteiger partial charge in [-0.1, -0.05) is 122 Å². The van der Waals surface area contributed by atoms with E-state index in [1.807, 2.05) is 22.7 Å². The van der Waals surface area contributed by atoms with E-state index in [1.165, 1.54) is 99.5 Å². The summed E-state index contributed by atoms with van der Waals surface area (Å²) < 4.78 is 5.38. The molecule has 1 aliphatic carbocycles. The van der Waals surface area contributed by atoms with Crippen molar-refractivity contribution in [2.75, 3.05) is 4.90 Å². The Bertz CT molecular complexity index is 2480. The van der Waals surface area contributed by atoms with Gasteiger partial charge in [-0.2, -0.15) is 0 Å². The third-order valence-corrected chi connectivity index (χ3v) is 13.1. The van der Waals surface area contributed by atoms with E-state index < -0.39 is 0 Å². The topological polar surface area (TPSA) is 3.24 Å². The van der Waals surface area contributed by atoms with Crippen molar-refractivity contribution in [3.63, 3.8) is 0 Å². The van der Waals surface area contributed by atoms with Crippen molar-refractivity contribution in [2.24, 2.45) is 0 Å². The number of nitrogens with zero attached hydrogens (tertiary/aromatic N) is 1. The number of anilines is 3. The fourth-order valence-electron chi connectivity index (χ4n) is 8.13. The fourth-order valence-corrected chi connectivity index (χ4v) is 10.6. The van der Waals surface area contributed by atoms with Gasteiger partial charge >= 0.3 is 0 Å². The van der Waals surface area contributed by atoms with Crippen LogP contribution in [-0.2, 0) is 0 Å². The molecule has 3 heteroatoms. The highest BCUT2D eigenvalue weighted by molar-refractivity contribution is 7.26. The first-order chi connectivity index (χ1) is 24.8. The Hall–Kier alpha value is -5.22. The van der Waals surface area contributed by atoms with Crippen LogP contribution in [0.5, 0.6) is 0 Å². The molecule has 0 saturated heterocycles. The second-order valence-corrected chi connectivity index (χ2v) is 15.7. The van der Waals surface area contributed by atoms with E-state index in [4.69, 9.17) is 0 Å². The van der Waals surface area contributed by atoms with Crippen LogP contribution in [0, 0.1) is 0 Å². The van der Waals surface area contributed by atoms with Crippen LogP contribution in [0.1, 0.15) is 37.2 Å². The third-order valence-electron chi connectivity index (χ3n) is 10.7. The van der Waals surface area contributed by atoms with Gasteiger partial charge in [0.2, 0.25) is 0 Å². The van der Waals surface area contributed by atoms with Crippen molar-refractivity contribution in [2.45, 2.75) is 31.6 Å². The summed E-state index contributed by atoms with van der Waals surface area (Å²) in [6.45, 7) is 0. The van der Waals surface area contributed by atoms with Gasteiger partial charge in [-0.05, 0) is 95.1 Å². The largest absolute Gasteiger partial charge is 0.311 e. The molecule has 0 bridgehead atoms. The minimum atomic E-state index is 0.698. The van der Waals surface area contributed by atoms with Crippen molar-refractivity contribution in [1.29, 1.82) is 0 Å². The molecule has 10 rings (SSSR count). The van der Waals surface area contributed by atoms with E-state index in [0.29, 0.717) is 5.92 Å². The molecule has 50 heavy (non-hydrogen) atoms. The lowest BCUT2D eigenvalue weighted by Gasteiger charge is -2.26. The van der Waals surface area contributed by atoms with Crippen molar-refractivity contribution < 1.29 is 0 Å². The monoisotopic (exact) mass is 677 g/mol. The summed E-state index contributed by atoms with van der Waals surface area (Å²) in [6.07, 6.45) is 5.32. The lowest BCUT2D eigenvalue weighted by Crippen LogP contribution is -2.10. The van der Waals surface area contributed by atoms with Gasteiger partial charge in [0.15, 0.2) is 0 Å². The molecule has 0 spiro atoms. The van der Waals surface area contributed by atoms with Crippen LogP contribution >= 0.6 is 22.7 Å². The molecule has 2 aromatic heterocycles. The molecule has 0 amide bonds. The van der Waals surface area contributed by atoms with Crippen LogP contribution in [0.4, 0.5) is 17.1 Å². The van der Waals surface area contributed by atoms with Gasteiger partial charge in [0.25, 0.3) is 0 Å². The molecule has 1 fully saturated rings. The number of rotatable bonds is 6. The summed E-state index contributed by atoms with van der Waals surface area (Å²) in [5.74, 6) is 0.698. The lowest BCUT2D eigenvalue weighted by molar-refractivity contribution is 0.723. The molecule has 7 aromatic carbocycles. The van der Waals surface area contributed by atoms with Gasteiger partial charge in [0, 0.05) is 57.4 Å². The van der Waals surface area contributed by atoms with Crippen molar-refractivity contribution in [3.05, 3.63) is 163 Å². The minimum absolute atomic E-state index is 0.698. The summed E-state index contributed by atoms with van der Waals surface area (Å²) in [5.41, 5.74) is 10.1. The molecule has 0 aliphatic heterocycles. The molecular formula is C47H35NS2. The quantitative estimate of drug-likeness (QED) is 0.169. The zero-order valence-electron chi connectivity index (χ0n) is 27.7. The van der Waals surface area contributed by atoms with Gasteiger partial charge in [-0.25, -0.2) is 0 Å². The number of hydrogen-bond acceptors (Lipinski definition) is 3. The Balaban J connectivity index is 1.05. The molecule has 2 heterocycles. The molecule has 9 aromatic rings. The number of fused-ring (bicyclic) bond motifs is 6. The van der Waals surface area contributed by atoms with Gasteiger partial charge in [0.05, 0.1) is 0 Å². The first kappa shape index (κ1) is 29.7. The van der Waals surface area contributed by atoms with Gasteiger partial charge < -0.3 is 4.90 Å². The maximum atomic E-state index is 2.41. The maximum Gasteiger partial charge on any atom is 0.0462 e. The highest BCUT2D eigenvalue weighted by Gasteiger charge is 2.19. The number of thiophene rings is 2. The predicted molar refractivity (Wildman–Crippen MR) is 219 cm³/mol. The van der Waals surface area contributed by atoms with E-state index in [2.05, 4.69) is 163 Å². The van der Waals surface area contributed by atoms with E-state index >= 15 is 0 Å². The zero-order chi connectivity index (χ0) is 33.0. The molecule has 0 unspecified atom stereocenters. The number of hydrogen-bond donors (Lipinski definition) is 0. The second kappa shape index (κ2) is 12.3. The molecule has 0 N–H and O–H groups in total. The molecular weight excluding hydrogens is 643 g/mol. The van der Waals surface area contributed by atoms with Crippen LogP contribution in [0.3, 0.4) is 0 Å². The zero-order valence-corrected chi connectivity index (χ0v) is 29.3. The highest BCUT2D eigenvalue weighted by atomic mass is 32.1. The summed E-state index contributed by atoms with van der Waals surface area (Å²) >= 11 is 3.78. The average molecular weight is 678 g/mol. The standard InChI is InChI=1S/C47H35NS2/c1-2-10-31(9-1)32-19-25-35(26-20-32)48(36-27-21-33(22-28-36)38-13-7-15-42-40-11-3-5-17-44(40)49-46(38)42)37-29-23-34(24-30-37)39-14-8-16-43-41-12-4-6-18-45(41)50-47(39)43/h3-8,11-31H,1-2,9-10H2. The van der Waals surface area contributed by atoms with Crippen LogP contribution in [-0.4, -0.2) is 0 Å². The van der Waals surface area contributed by atoms with Gasteiger partial charge in [-0.3, -0.25) is 0 Å². The Morgan fingerprint density at radius 1 is 0.400 bits per heavy atom. The van der Waals surface area contributed by atoms with Crippen molar-refractivity contribution >= 4 is 80.1 Å². The fraction of sp³-hybridized carbons (Fsp3) is 0.106. The smallest absolute Gasteiger partial charge is 0.0462 e. The highest BCUT2D eigenvalue weighted by Crippen LogP contribution is 2.44. The summed E-state index contributed by atoms with van der Waals surface area (Å²) in [7, 11) is 0. The molecule has 0 atom stereocenters. The summed E-state index contributed by atoms with van der Waals surface area (Å²) in [4.78, 5) is 2.41. The van der Waals surface area contributed by atoms with E-state index in [1.54, 1.807) is 0 Å². The Morgan fingerprint density at radius 2 is 0.820 bits per heavy atom. The molecule has 1 saturated carbocycles. The third kappa shape index (κ3) is 5.04. The Kier molecular flexibility index (Phi) is 7.29. The van der Waals surface area contributed by atoms with Gasteiger partial charge in [-0.15, -0.1) is 22.7 Å². The Morgan fingerprint density at radius 3 is 1.30 bits per heavy atom. The van der Waals surface area contributed by atoms with Crippen molar-refractivity contribution in [1.82, 2.24) is 0 Å². The summed E-state index contributed by atoms with van der Waals surface area (Å²) in [6, 6.07) is 58.7. The SMILES string of the molecule is c1ccc2c(c1)sc1c(-c3ccc(N(c4ccc(-c5cccc6c5sc5ccccc56)cc4)c4ccc(C5CCCC5)cc4)cc3)cccc12. The first-order valence-corrected chi connectivity index (χ1v) is 19.3. The molecule has 1 aliphatic rings. The van der Waals surface area contributed by atoms with Crippen LogP contribution in [0.2, 0.25) is 0 Å². The van der Waals surface area contributed by atoms with E-state index in [9.17, 15) is 0 Å². The maximum absolute atomic E-state index is 2.41. The molecule has 240 valence electrons. The van der Waals surface area contributed by atoms with Crippen LogP contribution in [0.25, 0.3) is 62.6 Å². The van der Waals surface area contributed by atoms with Crippen molar-refractivity contribution in [3.8, 4) is 22.3 Å².